The Morgan fingerprint density at radius 2 is 1.92 bits per heavy atom. The largest absolute Gasteiger partial charge is 0.389 e. The van der Waals surface area contributed by atoms with Crippen molar-refractivity contribution >= 4 is 5.91 Å². The number of hydrogen-bond acceptors (Lipinski definition) is 3. The molecule has 1 aromatic carbocycles. The molecule has 0 aliphatic carbocycles. The molecule has 24 heavy (non-hydrogen) atoms. The van der Waals surface area contributed by atoms with Crippen molar-refractivity contribution in [1.82, 2.24) is 14.7 Å². The van der Waals surface area contributed by atoms with Gasteiger partial charge < -0.3 is 10.0 Å². The van der Waals surface area contributed by atoms with Crippen LogP contribution in [0, 0.1) is 0 Å². The second-order valence-corrected chi connectivity index (χ2v) is 6.99. The average molecular weight is 329 g/mol. The molecule has 0 saturated carbocycles. The maximum Gasteiger partial charge on any atom is 0.274 e. The molecule has 5 heteroatoms. The molecule has 1 heterocycles. The first-order valence-corrected chi connectivity index (χ1v) is 8.40. The summed E-state index contributed by atoms with van der Waals surface area (Å²) in [6.07, 6.45) is 0. The molecule has 0 aliphatic heterocycles. The van der Waals surface area contributed by atoms with E-state index in [9.17, 15) is 9.90 Å². The van der Waals surface area contributed by atoms with Gasteiger partial charge in [-0.2, -0.15) is 5.10 Å². The van der Waals surface area contributed by atoms with Gasteiger partial charge in [0.25, 0.3) is 5.91 Å². The van der Waals surface area contributed by atoms with Gasteiger partial charge in [0.2, 0.25) is 0 Å². The monoisotopic (exact) mass is 329 g/mol. The molecule has 130 valence electrons. The Kier molecular flexibility index (Phi) is 5.44. The molecule has 5 nitrogen and oxygen atoms in total. The minimum absolute atomic E-state index is 0.156. The van der Waals surface area contributed by atoms with E-state index in [0.29, 0.717) is 12.2 Å². The Balaban J connectivity index is 2.39. The molecule has 0 bridgehead atoms. The zero-order valence-corrected chi connectivity index (χ0v) is 15.2. The van der Waals surface area contributed by atoms with E-state index in [1.165, 1.54) is 0 Å². The van der Waals surface area contributed by atoms with Gasteiger partial charge >= 0.3 is 0 Å². The number of carbonyl (C=O) groups excluding carboxylic acids is 1. The van der Waals surface area contributed by atoms with Crippen molar-refractivity contribution < 1.29 is 9.90 Å². The molecule has 1 N–H and O–H groups in total. The highest BCUT2D eigenvalue weighted by atomic mass is 16.3. The van der Waals surface area contributed by atoms with Gasteiger partial charge in [-0.3, -0.25) is 4.79 Å². The standard InChI is InChI=1S/C19H27N3O2/c1-6-21(13-19(4,5)24)18(23)16-12-17(14(2)3)22(20-16)15-10-8-7-9-11-15/h7-12,14,24H,6,13H2,1-5H3. The lowest BCUT2D eigenvalue weighted by atomic mass is 10.1. The number of carbonyl (C=O) groups is 1. The lowest BCUT2D eigenvalue weighted by Gasteiger charge is -2.27. The number of rotatable bonds is 6. The van der Waals surface area contributed by atoms with Gasteiger partial charge in [0.1, 0.15) is 0 Å². The number of amides is 1. The fourth-order valence-corrected chi connectivity index (χ4v) is 2.64. The van der Waals surface area contributed by atoms with Crippen molar-refractivity contribution in [2.24, 2.45) is 0 Å². The van der Waals surface area contributed by atoms with Crippen LogP contribution in [0.3, 0.4) is 0 Å². The third-order valence-corrected chi connectivity index (χ3v) is 3.80. The predicted molar refractivity (Wildman–Crippen MR) is 95.5 cm³/mol. The zero-order chi connectivity index (χ0) is 17.9. The normalized spacial score (nSPS) is 11.8. The molecule has 2 aromatic rings. The van der Waals surface area contributed by atoms with Crippen molar-refractivity contribution in [3.05, 3.63) is 47.8 Å². The quantitative estimate of drug-likeness (QED) is 0.885. The first-order valence-electron chi connectivity index (χ1n) is 8.40. The van der Waals surface area contributed by atoms with E-state index in [-0.39, 0.29) is 18.4 Å². The molecule has 0 radical (unpaired) electrons. The number of hydrogen-bond donors (Lipinski definition) is 1. The third-order valence-electron chi connectivity index (χ3n) is 3.80. The number of nitrogens with zero attached hydrogens (tertiary/aromatic N) is 3. The molecule has 0 aliphatic rings. The van der Waals surface area contributed by atoms with E-state index in [1.54, 1.807) is 18.7 Å². The predicted octanol–water partition coefficient (Wildman–Crippen LogP) is 3.23. The smallest absolute Gasteiger partial charge is 0.274 e. The van der Waals surface area contributed by atoms with Crippen LogP contribution in [0.15, 0.2) is 36.4 Å². The summed E-state index contributed by atoms with van der Waals surface area (Å²) in [6, 6.07) is 11.7. The number of benzene rings is 1. The molecule has 1 aromatic heterocycles. The number of likely N-dealkylation sites (N-methyl/N-ethyl adjacent to an activating group) is 1. The van der Waals surface area contributed by atoms with Crippen LogP contribution in [0.25, 0.3) is 5.69 Å². The third kappa shape index (κ3) is 4.23. The summed E-state index contributed by atoms with van der Waals surface area (Å²) in [5.74, 6) is 0.0832. The highest BCUT2D eigenvalue weighted by Gasteiger charge is 2.25. The van der Waals surface area contributed by atoms with Gasteiger partial charge in [0.05, 0.1) is 11.3 Å². The maximum atomic E-state index is 12.8. The van der Waals surface area contributed by atoms with E-state index >= 15 is 0 Å². The molecule has 0 saturated heterocycles. The van der Waals surface area contributed by atoms with Crippen LogP contribution in [-0.2, 0) is 0 Å². The van der Waals surface area contributed by atoms with Crippen LogP contribution in [0.4, 0.5) is 0 Å². The highest BCUT2D eigenvalue weighted by molar-refractivity contribution is 5.92. The first-order chi connectivity index (χ1) is 11.2. The molecule has 2 rings (SSSR count). The molecule has 0 atom stereocenters. The SMILES string of the molecule is CCN(CC(C)(C)O)C(=O)c1cc(C(C)C)n(-c2ccccc2)n1. The first kappa shape index (κ1) is 18.2. The summed E-state index contributed by atoms with van der Waals surface area (Å²) < 4.78 is 1.83. The summed E-state index contributed by atoms with van der Waals surface area (Å²) in [6.45, 7) is 10.3. The summed E-state index contributed by atoms with van der Waals surface area (Å²) in [5.41, 5.74) is 1.40. The van der Waals surface area contributed by atoms with Gasteiger partial charge in [-0.15, -0.1) is 0 Å². The summed E-state index contributed by atoms with van der Waals surface area (Å²) in [4.78, 5) is 14.4. The fourth-order valence-electron chi connectivity index (χ4n) is 2.64. The Bertz CT molecular complexity index is 684. The zero-order valence-electron chi connectivity index (χ0n) is 15.2. The number of aromatic nitrogens is 2. The minimum Gasteiger partial charge on any atom is -0.389 e. The van der Waals surface area contributed by atoms with E-state index in [1.807, 2.05) is 48.0 Å². The molecular formula is C19H27N3O2. The minimum atomic E-state index is -0.936. The second kappa shape index (κ2) is 7.18. The summed E-state index contributed by atoms with van der Waals surface area (Å²) >= 11 is 0. The van der Waals surface area contributed by atoms with Crippen LogP contribution in [0.2, 0.25) is 0 Å². The molecular weight excluding hydrogens is 302 g/mol. The van der Waals surface area contributed by atoms with Gasteiger partial charge in [-0.1, -0.05) is 32.0 Å². The van der Waals surface area contributed by atoms with Crippen molar-refractivity contribution in [3.8, 4) is 5.69 Å². The average Bonchev–Trinajstić information content (AvgIpc) is 2.97. The Morgan fingerprint density at radius 3 is 2.42 bits per heavy atom. The highest BCUT2D eigenvalue weighted by Crippen LogP contribution is 2.21. The number of aliphatic hydroxyl groups is 1. The van der Waals surface area contributed by atoms with Crippen molar-refractivity contribution in [2.75, 3.05) is 13.1 Å². The fraction of sp³-hybridized carbons (Fsp3) is 0.474. The topological polar surface area (TPSA) is 58.4 Å². The lowest BCUT2D eigenvalue weighted by molar-refractivity contribution is 0.0311. The van der Waals surface area contributed by atoms with Crippen LogP contribution >= 0.6 is 0 Å². The van der Waals surface area contributed by atoms with Crippen LogP contribution in [0.1, 0.15) is 56.7 Å². The van der Waals surface area contributed by atoms with Gasteiger partial charge in [0, 0.05) is 18.8 Å². The van der Waals surface area contributed by atoms with Crippen molar-refractivity contribution in [1.29, 1.82) is 0 Å². The second-order valence-electron chi connectivity index (χ2n) is 6.99. The van der Waals surface area contributed by atoms with E-state index in [2.05, 4.69) is 18.9 Å². The summed E-state index contributed by atoms with van der Waals surface area (Å²) in [7, 11) is 0. The van der Waals surface area contributed by atoms with Crippen LogP contribution in [-0.4, -0.2) is 44.4 Å². The molecule has 0 unspecified atom stereocenters. The molecule has 0 spiro atoms. The molecule has 1 amide bonds. The summed E-state index contributed by atoms with van der Waals surface area (Å²) in [5, 5.41) is 14.6. The van der Waals surface area contributed by atoms with Gasteiger partial charge in [0.15, 0.2) is 5.69 Å². The van der Waals surface area contributed by atoms with Crippen LogP contribution < -0.4 is 0 Å². The van der Waals surface area contributed by atoms with Crippen molar-refractivity contribution in [3.63, 3.8) is 0 Å². The number of para-hydroxylation sites is 1. The Hall–Kier alpha value is -2.14. The van der Waals surface area contributed by atoms with Crippen LogP contribution in [0.5, 0.6) is 0 Å². The molecule has 0 fully saturated rings. The Labute approximate surface area is 143 Å². The Morgan fingerprint density at radius 1 is 1.29 bits per heavy atom. The maximum absolute atomic E-state index is 12.8. The lowest BCUT2D eigenvalue weighted by Crippen LogP contribution is -2.42. The van der Waals surface area contributed by atoms with Gasteiger partial charge in [-0.05, 0) is 44.9 Å². The van der Waals surface area contributed by atoms with E-state index < -0.39 is 5.60 Å². The van der Waals surface area contributed by atoms with Gasteiger partial charge in [-0.25, -0.2) is 4.68 Å². The van der Waals surface area contributed by atoms with Crippen molar-refractivity contribution in [2.45, 2.75) is 46.1 Å². The van der Waals surface area contributed by atoms with E-state index in [4.69, 9.17) is 0 Å². The van der Waals surface area contributed by atoms with E-state index in [0.717, 1.165) is 11.4 Å².